The minimum Gasteiger partial charge on any atom is -0.493 e. The van der Waals surface area contributed by atoms with Gasteiger partial charge in [-0.2, -0.15) is 0 Å². The van der Waals surface area contributed by atoms with Gasteiger partial charge >= 0.3 is 0 Å². The molecule has 2 atom stereocenters. The first-order valence-corrected chi connectivity index (χ1v) is 12.1. The van der Waals surface area contributed by atoms with Crippen LogP contribution in [0, 0.1) is 5.82 Å². The summed E-state index contributed by atoms with van der Waals surface area (Å²) in [5.74, 6) is 0.860. The van der Waals surface area contributed by atoms with Crippen molar-refractivity contribution in [2.45, 2.75) is 38.4 Å². The molecule has 0 saturated carbocycles. The summed E-state index contributed by atoms with van der Waals surface area (Å²) in [6.45, 7) is 3.46. The van der Waals surface area contributed by atoms with Crippen LogP contribution < -0.4 is 14.8 Å². The summed E-state index contributed by atoms with van der Waals surface area (Å²) in [6, 6.07) is 17.3. The van der Waals surface area contributed by atoms with Crippen LogP contribution in [0.4, 0.5) is 4.39 Å². The molecule has 1 aliphatic rings. The average molecular weight is 497 g/mol. The third-order valence-corrected chi connectivity index (χ3v) is 6.91. The van der Waals surface area contributed by atoms with E-state index < -0.39 is 0 Å². The summed E-state index contributed by atoms with van der Waals surface area (Å²) in [4.78, 5) is 15.6. The van der Waals surface area contributed by atoms with Crippen LogP contribution in [-0.4, -0.2) is 37.6 Å². The molecule has 0 saturated heterocycles. The minimum absolute atomic E-state index is 0.125. The van der Waals surface area contributed by atoms with Crippen LogP contribution in [0.3, 0.4) is 0 Å². The molecule has 0 spiro atoms. The number of nitrogens with zero attached hydrogens (tertiary/aromatic N) is 1. The maximum Gasteiger partial charge on any atom is 0.253 e. The van der Waals surface area contributed by atoms with E-state index in [0.29, 0.717) is 35.1 Å². The van der Waals surface area contributed by atoms with Gasteiger partial charge in [0.25, 0.3) is 5.91 Å². The molecule has 0 aromatic heterocycles. The molecule has 0 fully saturated rings. The first-order chi connectivity index (χ1) is 16.9. The Kier molecular flexibility index (Phi) is 7.93. The summed E-state index contributed by atoms with van der Waals surface area (Å²) in [5.41, 5.74) is 3.70. The number of amides is 1. The Labute approximate surface area is 210 Å². The minimum atomic E-state index is -0.260. The number of carbonyl (C=O) groups is 1. The van der Waals surface area contributed by atoms with Gasteiger partial charge in [0.2, 0.25) is 0 Å². The Morgan fingerprint density at radius 1 is 1.11 bits per heavy atom. The molecule has 4 rings (SSSR count). The number of rotatable bonds is 8. The predicted octanol–water partition coefficient (Wildman–Crippen LogP) is 5.80. The number of benzene rings is 3. The zero-order valence-corrected chi connectivity index (χ0v) is 20.9. The summed E-state index contributed by atoms with van der Waals surface area (Å²) in [5, 5.41) is 3.64. The van der Waals surface area contributed by atoms with Crippen LogP contribution in [0.1, 0.15) is 46.4 Å². The van der Waals surface area contributed by atoms with Gasteiger partial charge in [0, 0.05) is 19.1 Å². The second kappa shape index (κ2) is 11.1. The van der Waals surface area contributed by atoms with Crippen LogP contribution in [0.25, 0.3) is 0 Å². The molecule has 0 bridgehead atoms. The van der Waals surface area contributed by atoms with E-state index in [9.17, 15) is 9.18 Å². The first-order valence-electron chi connectivity index (χ1n) is 11.7. The van der Waals surface area contributed by atoms with Crippen molar-refractivity contribution in [1.29, 1.82) is 0 Å². The van der Waals surface area contributed by atoms with Crippen molar-refractivity contribution in [2.75, 3.05) is 20.8 Å². The second-order valence-electron chi connectivity index (χ2n) is 8.67. The van der Waals surface area contributed by atoms with E-state index in [1.54, 1.807) is 50.6 Å². The van der Waals surface area contributed by atoms with Crippen molar-refractivity contribution < 1.29 is 18.7 Å². The molecule has 1 N–H and O–H groups in total. The Balaban J connectivity index is 1.73. The summed E-state index contributed by atoms with van der Waals surface area (Å²) in [6.07, 6.45) is 1.52. The number of carbonyl (C=O) groups excluding carboxylic acids is 1. The molecule has 1 amide bonds. The molecule has 0 aliphatic carbocycles. The number of ether oxygens (including phenoxy) is 2. The van der Waals surface area contributed by atoms with E-state index in [0.717, 1.165) is 29.7 Å². The van der Waals surface area contributed by atoms with Crippen molar-refractivity contribution in [3.05, 3.63) is 93.8 Å². The molecule has 3 aromatic carbocycles. The average Bonchev–Trinajstić information content (AvgIpc) is 2.88. The van der Waals surface area contributed by atoms with Gasteiger partial charge in [0.1, 0.15) is 5.82 Å². The van der Waals surface area contributed by atoms with Gasteiger partial charge in [0.15, 0.2) is 11.5 Å². The van der Waals surface area contributed by atoms with Crippen LogP contribution in [0.15, 0.2) is 60.7 Å². The van der Waals surface area contributed by atoms with E-state index in [-0.39, 0.29) is 23.8 Å². The molecule has 3 aromatic rings. The van der Waals surface area contributed by atoms with Gasteiger partial charge in [-0.05, 0) is 65.9 Å². The van der Waals surface area contributed by atoms with Crippen LogP contribution in [0.2, 0.25) is 5.02 Å². The molecular formula is C28H30ClFN2O3. The van der Waals surface area contributed by atoms with Crippen molar-refractivity contribution in [2.24, 2.45) is 0 Å². The van der Waals surface area contributed by atoms with Crippen LogP contribution >= 0.6 is 11.6 Å². The molecule has 35 heavy (non-hydrogen) atoms. The predicted molar refractivity (Wildman–Crippen MR) is 136 cm³/mol. The highest BCUT2D eigenvalue weighted by Crippen LogP contribution is 2.40. The van der Waals surface area contributed by atoms with E-state index in [1.807, 2.05) is 12.1 Å². The number of methoxy groups -OCH3 is 2. The highest BCUT2D eigenvalue weighted by Gasteiger charge is 2.35. The smallest absolute Gasteiger partial charge is 0.253 e. The molecule has 1 aliphatic heterocycles. The monoisotopic (exact) mass is 496 g/mol. The maximum absolute atomic E-state index is 13.5. The lowest BCUT2D eigenvalue weighted by molar-refractivity contribution is 0.0859. The Morgan fingerprint density at radius 3 is 2.46 bits per heavy atom. The summed E-state index contributed by atoms with van der Waals surface area (Å²) < 4.78 is 24.7. The van der Waals surface area contributed by atoms with Gasteiger partial charge in [-0.15, -0.1) is 0 Å². The number of hydrogen-bond acceptors (Lipinski definition) is 4. The topological polar surface area (TPSA) is 50.8 Å². The zero-order valence-electron chi connectivity index (χ0n) is 20.2. The first kappa shape index (κ1) is 25.0. The molecular weight excluding hydrogens is 467 g/mol. The summed E-state index contributed by atoms with van der Waals surface area (Å²) >= 11 is 6.30. The summed E-state index contributed by atoms with van der Waals surface area (Å²) in [7, 11) is 3.25. The maximum atomic E-state index is 13.5. The Hall–Kier alpha value is -3.09. The van der Waals surface area contributed by atoms with Gasteiger partial charge in [0.05, 0.1) is 30.8 Å². The third-order valence-electron chi connectivity index (χ3n) is 6.58. The standard InChI is InChI=1S/C28H30ClFN2O3/c1-4-24(31-28(33)21-7-5-6-8-23(21)29)27-22-16-26(35-3)25(34-2)15-19(22)13-14-32(27)17-18-9-11-20(30)12-10-18/h5-12,15-16,24,27H,4,13-14,17H2,1-3H3,(H,31,33)/t24-,27-/m1/s1. The molecule has 5 nitrogen and oxygen atoms in total. The quantitative estimate of drug-likeness (QED) is 0.428. The highest BCUT2D eigenvalue weighted by atomic mass is 35.5. The molecule has 0 radical (unpaired) electrons. The fourth-order valence-corrected chi connectivity index (χ4v) is 5.02. The fourth-order valence-electron chi connectivity index (χ4n) is 4.80. The van der Waals surface area contributed by atoms with Gasteiger partial charge < -0.3 is 14.8 Å². The lowest BCUT2D eigenvalue weighted by Gasteiger charge is -2.42. The zero-order chi connectivity index (χ0) is 24.9. The van der Waals surface area contributed by atoms with E-state index in [2.05, 4.69) is 17.1 Å². The van der Waals surface area contributed by atoms with Gasteiger partial charge in [-0.1, -0.05) is 42.8 Å². The molecule has 0 unspecified atom stereocenters. The Bertz CT molecular complexity index is 1190. The van der Waals surface area contributed by atoms with E-state index in [4.69, 9.17) is 21.1 Å². The number of hydrogen-bond donors (Lipinski definition) is 1. The molecule has 184 valence electrons. The van der Waals surface area contributed by atoms with E-state index in [1.165, 1.54) is 12.1 Å². The lowest BCUT2D eigenvalue weighted by Crippen LogP contribution is -2.48. The van der Waals surface area contributed by atoms with Crippen LogP contribution in [-0.2, 0) is 13.0 Å². The van der Waals surface area contributed by atoms with Crippen molar-refractivity contribution in [1.82, 2.24) is 10.2 Å². The van der Waals surface area contributed by atoms with Gasteiger partial charge in [-0.3, -0.25) is 9.69 Å². The van der Waals surface area contributed by atoms with Crippen LogP contribution in [0.5, 0.6) is 11.5 Å². The number of halogens is 2. The molecule has 1 heterocycles. The van der Waals surface area contributed by atoms with E-state index >= 15 is 0 Å². The van der Waals surface area contributed by atoms with Crippen molar-refractivity contribution >= 4 is 17.5 Å². The third kappa shape index (κ3) is 5.44. The molecule has 7 heteroatoms. The fraction of sp³-hybridized carbons (Fsp3) is 0.321. The second-order valence-corrected chi connectivity index (χ2v) is 9.07. The largest absolute Gasteiger partial charge is 0.493 e. The number of fused-ring (bicyclic) bond motifs is 1. The van der Waals surface area contributed by atoms with Crippen molar-refractivity contribution in [3.63, 3.8) is 0 Å². The van der Waals surface area contributed by atoms with Crippen molar-refractivity contribution in [3.8, 4) is 11.5 Å². The highest BCUT2D eigenvalue weighted by molar-refractivity contribution is 6.33. The Morgan fingerprint density at radius 2 is 1.80 bits per heavy atom. The van der Waals surface area contributed by atoms with Gasteiger partial charge in [-0.25, -0.2) is 4.39 Å². The normalized spacial score (nSPS) is 16.3. The number of nitrogens with one attached hydrogen (secondary N) is 1. The lowest BCUT2D eigenvalue weighted by atomic mass is 9.86. The SMILES string of the molecule is CC[C@@H](NC(=O)c1ccccc1Cl)[C@H]1c2cc(OC)c(OC)cc2CCN1Cc1ccc(F)cc1.